The average molecular weight is 288 g/mol. The molecule has 1 atom stereocenters. The SMILES string of the molecule is O=C(O)[C@@H]1CCN(C(=O)CCc2cc(Cl)cs2)C1. The molecule has 18 heavy (non-hydrogen) atoms. The van der Waals surface area contributed by atoms with Crippen molar-refractivity contribution in [2.75, 3.05) is 13.1 Å². The molecule has 6 heteroatoms. The Morgan fingerprint density at radius 3 is 2.89 bits per heavy atom. The second-order valence-electron chi connectivity index (χ2n) is 4.39. The fraction of sp³-hybridized carbons (Fsp3) is 0.500. The number of carboxylic acids is 1. The second kappa shape index (κ2) is 5.71. The van der Waals surface area contributed by atoms with Crippen molar-refractivity contribution in [2.45, 2.75) is 19.3 Å². The predicted octanol–water partition coefficient (Wildman–Crippen LogP) is 2.27. The lowest BCUT2D eigenvalue weighted by molar-refractivity contribution is -0.141. The van der Waals surface area contributed by atoms with Crippen molar-refractivity contribution in [3.63, 3.8) is 0 Å². The van der Waals surface area contributed by atoms with Crippen LogP contribution in [-0.2, 0) is 16.0 Å². The van der Waals surface area contributed by atoms with E-state index >= 15 is 0 Å². The lowest BCUT2D eigenvalue weighted by Gasteiger charge is -2.15. The molecule has 0 radical (unpaired) electrons. The standard InChI is InChI=1S/C12H14ClNO3S/c13-9-5-10(18-7-9)1-2-11(15)14-4-3-8(6-14)12(16)17/h5,7-8H,1-4,6H2,(H,16,17)/t8-/m1/s1. The van der Waals surface area contributed by atoms with Gasteiger partial charge in [-0.3, -0.25) is 9.59 Å². The van der Waals surface area contributed by atoms with Gasteiger partial charge < -0.3 is 10.0 Å². The maximum atomic E-state index is 11.9. The van der Waals surface area contributed by atoms with Crippen LogP contribution in [0.25, 0.3) is 0 Å². The molecule has 1 saturated heterocycles. The van der Waals surface area contributed by atoms with Crippen LogP contribution < -0.4 is 0 Å². The minimum atomic E-state index is -0.810. The number of aliphatic carboxylic acids is 1. The van der Waals surface area contributed by atoms with Gasteiger partial charge in [0.1, 0.15) is 0 Å². The number of thiophene rings is 1. The first-order valence-electron chi connectivity index (χ1n) is 5.80. The Balaban J connectivity index is 1.80. The number of aryl methyl sites for hydroxylation is 1. The Bertz CT molecular complexity index is 460. The van der Waals surface area contributed by atoms with Crippen molar-refractivity contribution in [3.05, 3.63) is 21.3 Å². The van der Waals surface area contributed by atoms with E-state index in [1.807, 2.05) is 11.4 Å². The molecule has 0 aromatic carbocycles. The van der Waals surface area contributed by atoms with E-state index in [9.17, 15) is 9.59 Å². The first kappa shape index (κ1) is 13.4. The highest BCUT2D eigenvalue weighted by molar-refractivity contribution is 7.10. The number of carbonyl (C=O) groups is 2. The monoisotopic (exact) mass is 287 g/mol. The molecule has 0 saturated carbocycles. The zero-order valence-corrected chi connectivity index (χ0v) is 11.3. The van der Waals surface area contributed by atoms with Gasteiger partial charge in [-0.2, -0.15) is 0 Å². The highest BCUT2D eigenvalue weighted by Gasteiger charge is 2.30. The van der Waals surface area contributed by atoms with E-state index in [1.54, 1.807) is 16.2 Å². The van der Waals surface area contributed by atoms with E-state index in [0.717, 1.165) is 4.88 Å². The Labute approximate surface area is 114 Å². The zero-order chi connectivity index (χ0) is 13.1. The lowest BCUT2D eigenvalue weighted by Crippen LogP contribution is -2.30. The minimum absolute atomic E-state index is 0.0308. The van der Waals surface area contributed by atoms with Gasteiger partial charge in [0.05, 0.1) is 10.9 Å². The van der Waals surface area contributed by atoms with E-state index in [-0.39, 0.29) is 5.91 Å². The third kappa shape index (κ3) is 3.23. The molecule has 0 unspecified atom stereocenters. The average Bonchev–Trinajstić information content (AvgIpc) is 2.94. The number of likely N-dealkylation sites (tertiary alicyclic amines) is 1. The number of nitrogens with zero attached hydrogens (tertiary/aromatic N) is 1. The first-order valence-corrected chi connectivity index (χ1v) is 7.05. The van der Waals surface area contributed by atoms with Crippen molar-refractivity contribution in [1.29, 1.82) is 0 Å². The van der Waals surface area contributed by atoms with E-state index in [0.29, 0.717) is 37.4 Å². The third-order valence-corrected chi connectivity index (χ3v) is 4.44. The number of hydrogen-bond acceptors (Lipinski definition) is 3. The largest absolute Gasteiger partial charge is 0.481 e. The fourth-order valence-corrected chi connectivity index (χ4v) is 3.14. The Hall–Kier alpha value is -1.07. The number of amides is 1. The summed E-state index contributed by atoms with van der Waals surface area (Å²) in [4.78, 5) is 25.4. The molecule has 0 bridgehead atoms. The summed E-state index contributed by atoms with van der Waals surface area (Å²) < 4.78 is 0. The van der Waals surface area contributed by atoms with Gasteiger partial charge in [-0.1, -0.05) is 11.6 Å². The van der Waals surface area contributed by atoms with E-state index in [2.05, 4.69) is 0 Å². The summed E-state index contributed by atoms with van der Waals surface area (Å²) in [5.41, 5.74) is 0. The topological polar surface area (TPSA) is 57.6 Å². The zero-order valence-electron chi connectivity index (χ0n) is 9.76. The molecule has 2 heterocycles. The molecule has 1 aliphatic heterocycles. The molecule has 2 rings (SSSR count). The van der Waals surface area contributed by atoms with Crippen molar-refractivity contribution in [3.8, 4) is 0 Å². The van der Waals surface area contributed by atoms with Crippen LogP contribution in [0.2, 0.25) is 5.02 Å². The summed E-state index contributed by atoms with van der Waals surface area (Å²) in [6.45, 7) is 0.903. The molecule has 1 N–H and O–H groups in total. The maximum Gasteiger partial charge on any atom is 0.308 e. The lowest BCUT2D eigenvalue weighted by atomic mass is 10.1. The molecule has 1 fully saturated rings. The summed E-state index contributed by atoms with van der Waals surface area (Å²) in [5, 5.41) is 11.4. The van der Waals surface area contributed by atoms with Gasteiger partial charge in [0.25, 0.3) is 0 Å². The molecular formula is C12H14ClNO3S. The molecule has 1 aliphatic rings. The number of rotatable bonds is 4. The normalized spacial score (nSPS) is 19.2. The van der Waals surface area contributed by atoms with Crippen molar-refractivity contribution in [2.24, 2.45) is 5.92 Å². The smallest absolute Gasteiger partial charge is 0.308 e. The van der Waals surface area contributed by atoms with Gasteiger partial charge in [-0.25, -0.2) is 0 Å². The van der Waals surface area contributed by atoms with E-state index in [1.165, 1.54) is 0 Å². The van der Waals surface area contributed by atoms with Crippen molar-refractivity contribution in [1.82, 2.24) is 4.90 Å². The molecule has 1 aromatic rings. The van der Waals surface area contributed by atoms with Gasteiger partial charge in [-0.15, -0.1) is 11.3 Å². The highest BCUT2D eigenvalue weighted by Crippen LogP contribution is 2.22. The van der Waals surface area contributed by atoms with Crippen LogP contribution in [0.3, 0.4) is 0 Å². The van der Waals surface area contributed by atoms with Gasteiger partial charge in [-0.05, 0) is 18.9 Å². The van der Waals surface area contributed by atoms with Crippen LogP contribution in [-0.4, -0.2) is 35.0 Å². The van der Waals surface area contributed by atoms with Gasteiger partial charge >= 0.3 is 5.97 Å². The summed E-state index contributed by atoms with van der Waals surface area (Å²) in [6, 6.07) is 1.86. The van der Waals surface area contributed by atoms with Crippen LogP contribution in [0.15, 0.2) is 11.4 Å². The van der Waals surface area contributed by atoms with Gasteiger partial charge in [0.15, 0.2) is 0 Å². The highest BCUT2D eigenvalue weighted by atomic mass is 35.5. The Kier molecular flexibility index (Phi) is 4.24. The van der Waals surface area contributed by atoms with Crippen molar-refractivity contribution < 1.29 is 14.7 Å². The Morgan fingerprint density at radius 2 is 2.33 bits per heavy atom. The molecule has 0 aliphatic carbocycles. The molecule has 1 aromatic heterocycles. The molecule has 0 spiro atoms. The van der Waals surface area contributed by atoms with E-state index in [4.69, 9.17) is 16.7 Å². The summed E-state index contributed by atoms with van der Waals surface area (Å²) in [5.74, 6) is -1.18. The minimum Gasteiger partial charge on any atom is -0.481 e. The molecular weight excluding hydrogens is 274 g/mol. The first-order chi connectivity index (χ1) is 8.56. The summed E-state index contributed by atoms with van der Waals surface area (Å²) >= 11 is 7.35. The van der Waals surface area contributed by atoms with Crippen LogP contribution in [0, 0.1) is 5.92 Å². The summed E-state index contributed by atoms with van der Waals surface area (Å²) in [6.07, 6.45) is 1.65. The summed E-state index contributed by atoms with van der Waals surface area (Å²) in [7, 11) is 0. The third-order valence-electron chi connectivity index (χ3n) is 3.10. The van der Waals surface area contributed by atoms with E-state index < -0.39 is 11.9 Å². The quantitative estimate of drug-likeness (QED) is 0.924. The van der Waals surface area contributed by atoms with Gasteiger partial charge in [0.2, 0.25) is 5.91 Å². The molecule has 1 amide bonds. The Morgan fingerprint density at radius 1 is 1.56 bits per heavy atom. The number of halogens is 1. The van der Waals surface area contributed by atoms with Gasteiger partial charge in [0, 0.05) is 29.8 Å². The number of carboxylic acid groups (broad SMARTS) is 1. The van der Waals surface area contributed by atoms with Crippen molar-refractivity contribution >= 4 is 34.8 Å². The van der Waals surface area contributed by atoms with Crippen LogP contribution in [0.4, 0.5) is 0 Å². The number of carbonyl (C=O) groups excluding carboxylic acids is 1. The predicted molar refractivity (Wildman–Crippen MR) is 70.0 cm³/mol. The fourth-order valence-electron chi connectivity index (χ4n) is 2.06. The van der Waals surface area contributed by atoms with Crippen LogP contribution in [0.1, 0.15) is 17.7 Å². The number of hydrogen-bond donors (Lipinski definition) is 1. The molecule has 98 valence electrons. The van der Waals surface area contributed by atoms with Crippen LogP contribution >= 0.6 is 22.9 Å². The molecule has 4 nitrogen and oxygen atoms in total. The maximum absolute atomic E-state index is 11.9. The van der Waals surface area contributed by atoms with Crippen LogP contribution in [0.5, 0.6) is 0 Å². The second-order valence-corrected chi connectivity index (χ2v) is 5.83.